The van der Waals surface area contributed by atoms with Crippen molar-refractivity contribution in [3.63, 3.8) is 0 Å². The minimum Gasteiger partial charge on any atom is -0.740 e. The van der Waals surface area contributed by atoms with E-state index in [9.17, 15) is 0 Å². The molecule has 0 radical (unpaired) electrons. The first-order valence-corrected chi connectivity index (χ1v) is 19.7. The van der Waals surface area contributed by atoms with Crippen LogP contribution < -0.4 is 31.8 Å². The Labute approximate surface area is 297 Å². The van der Waals surface area contributed by atoms with Gasteiger partial charge >= 0.3 is 0 Å². The van der Waals surface area contributed by atoms with Crippen molar-refractivity contribution in [2.75, 3.05) is 0 Å². The van der Waals surface area contributed by atoms with Crippen LogP contribution in [0.4, 0.5) is 0 Å². The van der Waals surface area contributed by atoms with Gasteiger partial charge in [0.05, 0.1) is 0 Å². The molecule has 0 saturated heterocycles. The second-order valence-electron chi connectivity index (χ2n) is 11.8. The average Bonchev–Trinajstić information content (AvgIpc) is 3.80. The van der Waals surface area contributed by atoms with Crippen LogP contribution in [-0.2, 0) is 17.1 Å². The molecule has 47 heavy (non-hydrogen) atoms. The van der Waals surface area contributed by atoms with E-state index in [1.165, 1.54) is 50.2 Å². The van der Waals surface area contributed by atoms with E-state index in [4.69, 9.17) is 0 Å². The zero-order valence-electron chi connectivity index (χ0n) is 28.2. The predicted octanol–water partition coefficient (Wildman–Crippen LogP) is 10.1. The average molecular weight is 695 g/mol. The monoisotopic (exact) mass is 694 g/mol. The molecule has 0 spiro atoms. The zero-order chi connectivity index (χ0) is 32.1. The van der Waals surface area contributed by atoms with Crippen molar-refractivity contribution in [3.8, 4) is 0 Å². The summed E-state index contributed by atoms with van der Waals surface area (Å²) in [5.74, 6) is 1.33. The van der Waals surface area contributed by atoms with Gasteiger partial charge in [-0.1, -0.05) is 202 Å². The maximum atomic E-state index is 2.47. The van der Waals surface area contributed by atoms with Crippen LogP contribution in [0.15, 0.2) is 158 Å². The van der Waals surface area contributed by atoms with Gasteiger partial charge in [0.15, 0.2) is 0 Å². The van der Waals surface area contributed by atoms with Gasteiger partial charge in [-0.15, -0.1) is 0 Å². The molecular formula is C44H48FeP2-6. The third kappa shape index (κ3) is 9.11. The van der Waals surface area contributed by atoms with Crippen molar-refractivity contribution < 1.29 is 17.1 Å². The summed E-state index contributed by atoms with van der Waals surface area (Å²) < 4.78 is 0. The number of hydrogen-bond acceptors (Lipinski definition) is 0. The Morgan fingerprint density at radius 1 is 0.447 bits per heavy atom. The van der Waals surface area contributed by atoms with E-state index >= 15 is 0 Å². The molecule has 248 valence electrons. The molecule has 6 aromatic carbocycles. The summed E-state index contributed by atoms with van der Waals surface area (Å²) in [6.45, 7) is 9.22. The van der Waals surface area contributed by atoms with Gasteiger partial charge in [-0.05, 0) is 0 Å². The van der Waals surface area contributed by atoms with Gasteiger partial charge in [-0.25, -0.2) is 33.9 Å². The number of rotatable bonds is 12. The fourth-order valence-corrected chi connectivity index (χ4v) is 11.8. The van der Waals surface area contributed by atoms with Crippen LogP contribution in [0.5, 0.6) is 0 Å². The Morgan fingerprint density at radius 2 is 0.745 bits per heavy atom. The van der Waals surface area contributed by atoms with Crippen molar-refractivity contribution in [1.82, 2.24) is 0 Å². The molecule has 0 heterocycles. The summed E-state index contributed by atoms with van der Waals surface area (Å²) in [4.78, 5) is 0. The summed E-state index contributed by atoms with van der Waals surface area (Å²) in [7, 11) is -1.28. The van der Waals surface area contributed by atoms with Crippen LogP contribution in [0.2, 0.25) is 0 Å². The van der Waals surface area contributed by atoms with E-state index in [2.05, 4.69) is 185 Å². The Balaban J connectivity index is 0.000000391. The Morgan fingerprint density at radius 3 is 1.02 bits per heavy atom. The van der Waals surface area contributed by atoms with Crippen molar-refractivity contribution in [3.05, 3.63) is 169 Å². The molecule has 3 heteroatoms. The zero-order valence-corrected chi connectivity index (χ0v) is 31.1. The van der Waals surface area contributed by atoms with Gasteiger partial charge in [0.1, 0.15) is 0 Å². The van der Waals surface area contributed by atoms with Gasteiger partial charge in [0, 0.05) is 17.1 Å². The molecule has 0 aromatic heterocycles. The molecular weight excluding hydrogens is 646 g/mol. The van der Waals surface area contributed by atoms with E-state index in [-0.39, 0.29) is 17.1 Å². The van der Waals surface area contributed by atoms with Crippen LogP contribution in [-0.4, -0.2) is 0 Å². The topological polar surface area (TPSA) is 0 Å². The molecule has 0 unspecified atom stereocenters. The minimum atomic E-state index is -0.642. The standard InChI is InChI=1S/C34H33P2.C10H15.Fe/c1-3-27(4-2)34-32(35(28-17-9-5-10-18-28)29-19-11-6-12-20-29)25-26-33(34)36(30-21-13-7-14-22-30)31-23-15-8-16-24-31;1-3-9(4-2)10-7-5-6-8-10;/h5-27H,3-4H2,1-2H3;5-9H,3-4H2,1-2H3;/q-5;-1;. The molecule has 0 nitrogen and oxygen atoms in total. The van der Waals surface area contributed by atoms with Crippen LogP contribution in [0.3, 0.4) is 0 Å². The number of benzene rings is 4. The van der Waals surface area contributed by atoms with Gasteiger partial charge in [0.2, 0.25) is 0 Å². The molecule has 0 saturated carbocycles. The smallest absolute Gasteiger partial charge is 0 e. The normalized spacial score (nSPS) is 11.1. The maximum Gasteiger partial charge on any atom is 0 e. The maximum absolute atomic E-state index is 2.47. The van der Waals surface area contributed by atoms with Crippen LogP contribution in [0.1, 0.15) is 76.3 Å². The first-order chi connectivity index (χ1) is 22.7. The first kappa shape index (κ1) is 36.8. The molecule has 0 aliphatic heterocycles. The SMILES string of the molecule is CCC(CC)[c-]1[c-](P(c2ccccc2)c2ccccc2)[cH-][cH-][c-]1P(c1ccccc1)c1ccccc1.CCC(CC)[c-]1cccc1.[Fe]. The Bertz CT molecular complexity index is 1490. The molecule has 0 fully saturated rings. The van der Waals surface area contributed by atoms with E-state index in [0.29, 0.717) is 5.92 Å². The molecule has 0 aliphatic carbocycles. The van der Waals surface area contributed by atoms with E-state index in [1.54, 1.807) is 5.56 Å². The van der Waals surface area contributed by atoms with Crippen molar-refractivity contribution >= 4 is 47.7 Å². The largest absolute Gasteiger partial charge is 0.740 e. The predicted molar refractivity (Wildman–Crippen MR) is 208 cm³/mol. The van der Waals surface area contributed by atoms with Crippen LogP contribution in [0, 0.1) is 0 Å². The second-order valence-corrected chi connectivity index (χ2v) is 16.1. The van der Waals surface area contributed by atoms with E-state index in [1.807, 2.05) is 0 Å². The second kappa shape index (κ2) is 19.1. The van der Waals surface area contributed by atoms with Gasteiger partial charge < -0.3 is 28.3 Å². The van der Waals surface area contributed by atoms with Crippen molar-refractivity contribution in [2.45, 2.75) is 65.2 Å². The third-order valence-electron chi connectivity index (χ3n) is 9.03. The van der Waals surface area contributed by atoms with Crippen LogP contribution >= 0.6 is 15.8 Å². The molecule has 6 aromatic rings. The molecule has 0 atom stereocenters. The number of hydrogen-bond donors (Lipinski definition) is 0. The summed E-state index contributed by atoms with van der Waals surface area (Å²) in [6, 6.07) is 58.2. The van der Waals surface area contributed by atoms with Gasteiger partial charge in [-0.3, -0.25) is 0 Å². The van der Waals surface area contributed by atoms with Gasteiger partial charge in [0.25, 0.3) is 0 Å². The fraction of sp³-hybridized carbons (Fsp3) is 0.227. The molecule has 0 bridgehead atoms. The van der Waals surface area contributed by atoms with E-state index in [0.717, 1.165) is 18.8 Å². The summed E-state index contributed by atoms with van der Waals surface area (Å²) in [5, 5.41) is 8.76. The first-order valence-electron chi connectivity index (χ1n) is 17.0. The molecule has 0 aliphatic rings. The Kier molecular flexibility index (Phi) is 14.9. The Hall–Kier alpha value is -3.04. The van der Waals surface area contributed by atoms with Crippen molar-refractivity contribution in [2.24, 2.45) is 0 Å². The summed E-state index contributed by atoms with van der Waals surface area (Å²) >= 11 is 0. The molecule has 0 amide bonds. The van der Waals surface area contributed by atoms with Gasteiger partial charge in [-0.2, -0.15) is 17.7 Å². The van der Waals surface area contributed by atoms with E-state index < -0.39 is 15.8 Å². The quantitative estimate of drug-likeness (QED) is 0.0680. The van der Waals surface area contributed by atoms with Crippen LogP contribution in [0.25, 0.3) is 0 Å². The minimum absolute atomic E-state index is 0. The fourth-order valence-electron chi connectivity index (χ4n) is 6.56. The van der Waals surface area contributed by atoms with Crippen molar-refractivity contribution in [1.29, 1.82) is 0 Å². The summed E-state index contributed by atoms with van der Waals surface area (Å²) in [6.07, 6.45) is 4.83. The molecule has 0 N–H and O–H groups in total. The molecule has 6 rings (SSSR count). The third-order valence-corrected chi connectivity index (χ3v) is 14.0. The summed E-state index contributed by atoms with van der Waals surface area (Å²) in [5.41, 5.74) is 3.10.